The van der Waals surface area contributed by atoms with Crippen molar-refractivity contribution in [1.82, 2.24) is 25.5 Å². The standard InChI is InChI=1S/C28H34BrF3N6O4/c1-15-4-7-17(8-5-15)24(37-25(39)23-16(2)6-9-21(29)35-23)26(40)36-22-12-18(10-11-33-22)19(14-42-3)38-13-20(28(30,31)32)34-27(38)41/h6,9-12,15,17,19-20,24H,4-5,7-8,13-14H2,1-3H3,(H,34,41)(H,37,39)(H,33,36,40)/t15?,17?,19?,20-,24-/m0/s1. The Labute approximate surface area is 250 Å². The number of carbonyl (C=O) groups excluding carboxylic acids is 3. The number of carbonyl (C=O) groups is 3. The molecule has 4 amide bonds. The smallest absolute Gasteiger partial charge is 0.382 e. The van der Waals surface area contributed by atoms with Crippen molar-refractivity contribution in [3.05, 3.63) is 51.9 Å². The molecule has 228 valence electrons. The molecule has 0 radical (unpaired) electrons. The number of pyridine rings is 2. The third kappa shape index (κ3) is 7.57. The van der Waals surface area contributed by atoms with Gasteiger partial charge in [0, 0.05) is 13.3 Å². The molecular weight excluding hydrogens is 621 g/mol. The molecule has 2 aromatic rings. The molecule has 2 fully saturated rings. The maximum absolute atomic E-state index is 13.7. The maximum Gasteiger partial charge on any atom is 0.410 e. The van der Waals surface area contributed by atoms with Gasteiger partial charge in [-0.1, -0.05) is 25.8 Å². The number of alkyl halides is 3. The van der Waals surface area contributed by atoms with E-state index in [4.69, 9.17) is 4.74 Å². The number of nitrogens with one attached hydrogen (secondary N) is 3. The topological polar surface area (TPSA) is 126 Å². The van der Waals surface area contributed by atoms with Crippen molar-refractivity contribution in [2.24, 2.45) is 11.8 Å². The highest BCUT2D eigenvalue weighted by Gasteiger charge is 2.48. The van der Waals surface area contributed by atoms with Gasteiger partial charge < -0.3 is 25.6 Å². The second-order valence-electron chi connectivity index (χ2n) is 10.9. The molecular formula is C28H34BrF3N6O4. The van der Waals surface area contributed by atoms with Crippen LogP contribution in [0.15, 0.2) is 35.1 Å². The van der Waals surface area contributed by atoms with E-state index in [2.05, 4.69) is 43.5 Å². The summed E-state index contributed by atoms with van der Waals surface area (Å²) in [7, 11) is 1.38. The Balaban J connectivity index is 1.55. The summed E-state index contributed by atoms with van der Waals surface area (Å²) in [6.07, 6.45) is 0.132. The minimum absolute atomic E-state index is 0.0761. The molecule has 0 spiro atoms. The van der Waals surface area contributed by atoms with E-state index in [1.807, 2.05) is 5.32 Å². The summed E-state index contributed by atoms with van der Waals surface area (Å²) in [5.74, 6) is -0.418. The number of rotatable bonds is 9. The molecule has 2 aliphatic rings. The van der Waals surface area contributed by atoms with Crippen LogP contribution in [0.5, 0.6) is 0 Å². The van der Waals surface area contributed by atoms with E-state index in [0.717, 1.165) is 30.6 Å². The molecule has 1 unspecified atom stereocenters. The predicted octanol–water partition coefficient (Wildman–Crippen LogP) is 4.75. The van der Waals surface area contributed by atoms with Crippen molar-refractivity contribution >= 4 is 39.6 Å². The SMILES string of the molecule is COCC(c1ccnc(NC(=O)[C@@H](NC(=O)c2nc(Br)ccc2C)C2CCC(C)CC2)c1)N1C[C@@H](C(F)(F)F)NC1=O. The fraction of sp³-hybridized carbons (Fsp3) is 0.536. The lowest BCUT2D eigenvalue weighted by atomic mass is 9.79. The molecule has 1 aliphatic carbocycles. The van der Waals surface area contributed by atoms with Crippen LogP contribution in [-0.4, -0.2) is 71.2 Å². The van der Waals surface area contributed by atoms with Crippen molar-refractivity contribution < 1.29 is 32.3 Å². The van der Waals surface area contributed by atoms with Gasteiger partial charge in [-0.3, -0.25) is 9.59 Å². The minimum atomic E-state index is -4.60. The maximum atomic E-state index is 13.7. The van der Waals surface area contributed by atoms with Gasteiger partial charge in [-0.25, -0.2) is 14.8 Å². The van der Waals surface area contributed by atoms with Crippen molar-refractivity contribution in [3.8, 4) is 0 Å². The van der Waals surface area contributed by atoms with Crippen molar-refractivity contribution in [2.45, 2.75) is 63.8 Å². The Morgan fingerprint density at radius 2 is 1.93 bits per heavy atom. The number of aryl methyl sites for hydroxylation is 1. The Morgan fingerprint density at radius 1 is 1.21 bits per heavy atom. The number of hydrogen-bond donors (Lipinski definition) is 3. The van der Waals surface area contributed by atoms with Gasteiger partial charge >= 0.3 is 12.2 Å². The van der Waals surface area contributed by atoms with Crippen LogP contribution in [0.4, 0.5) is 23.8 Å². The average molecular weight is 656 g/mol. The number of ether oxygens (including phenoxy) is 1. The highest BCUT2D eigenvalue weighted by molar-refractivity contribution is 9.10. The van der Waals surface area contributed by atoms with Crippen molar-refractivity contribution in [3.63, 3.8) is 0 Å². The van der Waals surface area contributed by atoms with Crippen LogP contribution in [0.25, 0.3) is 0 Å². The summed E-state index contributed by atoms with van der Waals surface area (Å²) < 4.78 is 45.6. The zero-order valence-corrected chi connectivity index (χ0v) is 25.1. The van der Waals surface area contributed by atoms with E-state index < -0.39 is 48.7 Å². The molecule has 3 atom stereocenters. The van der Waals surface area contributed by atoms with E-state index in [9.17, 15) is 27.6 Å². The van der Waals surface area contributed by atoms with Gasteiger partial charge in [0.1, 0.15) is 28.2 Å². The lowest BCUT2D eigenvalue weighted by Crippen LogP contribution is -2.49. The molecule has 1 saturated heterocycles. The number of methoxy groups -OCH3 is 1. The first-order chi connectivity index (χ1) is 19.9. The third-order valence-corrected chi connectivity index (χ3v) is 8.27. The Hall–Kier alpha value is -3.26. The van der Waals surface area contributed by atoms with E-state index >= 15 is 0 Å². The fourth-order valence-corrected chi connectivity index (χ4v) is 5.73. The Kier molecular flexibility index (Phi) is 10.1. The number of urea groups is 1. The molecule has 2 aromatic heterocycles. The van der Waals surface area contributed by atoms with Crippen LogP contribution in [0.3, 0.4) is 0 Å². The van der Waals surface area contributed by atoms with Gasteiger partial charge in [0.15, 0.2) is 0 Å². The molecule has 42 heavy (non-hydrogen) atoms. The molecule has 3 N–H and O–H groups in total. The highest BCUT2D eigenvalue weighted by atomic mass is 79.9. The second kappa shape index (κ2) is 13.4. The fourth-order valence-electron chi connectivity index (χ4n) is 5.42. The zero-order chi connectivity index (χ0) is 30.6. The molecule has 4 rings (SSSR count). The van der Waals surface area contributed by atoms with E-state index in [-0.39, 0.29) is 24.0 Å². The number of hydrogen-bond acceptors (Lipinski definition) is 6. The summed E-state index contributed by atoms with van der Waals surface area (Å²) in [5.41, 5.74) is 1.29. The van der Waals surface area contributed by atoms with Crippen LogP contribution >= 0.6 is 15.9 Å². The summed E-state index contributed by atoms with van der Waals surface area (Å²) in [6, 6.07) is 1.93. The summed E-state index contributed by atoms with van der Waals surface area (Å²) in [6.45, 7) is 3.25. The second-order valence-corrected chi connectivity index (χ2v) is 11.7. The third-order valence-electron chi connectivity index (χ3n) is 7.83. The van der Waals surface area contributed by atoms with Gasteiger partial charge in [0.2, 0.25) is 5.91 Å². The Morgan fingerprint density at radius 3 is 2.57 bits per heavy atom. The van der Waals surface area contributed by atoms with E-state index in [1.165, 1.54) is 19.4 Å². The number of amides is 4. The molecule has 0 bridgehead atoms. The molecule has 1 aliphatic heterocycles. The summed E-state index contributed by atoms with van der Waals surface area (Å²) in [5, 5.41) is 7.62. The van der Waals surface area contributed by atoms with Crippen molar-refractivity contribution in [1.29, 1.82) is 0 Å². The first-order valence-electron chi connectivity index (χ1n) is 13.7. The monoisotopic (exact) mass is 654 g/mol. The number of aromatic nitrogens is 2. The first-order valence-corrected chi connectivity index (χ1v) is 14.5. The molecule has 14 heteroatoms. The average Bonchev–Trinajstić information content (AvgIpc) is 3.34. The zero-order valence-electron chi connectivity index (χ0n) is 23.5. The van der Waals surface area contributed by atoms with E-state index in [0.29, 0.717) is 21.6 Å². The van der Waals surface area contributed by atoms with Crippen molar-refractivity contribution in [2.75, 3.05) is 25.6 Å². The van der Waals surface area contributed by atoms with Crippen LogP contribution < -0.4 is 16.0 Å². The minimum Gasteiger partial charge on any atom is -0.382 e. The van der Waals surface area contributed by atoms with Gasteiger partial charge in [-0.05, 0) is 76.9 Å². The molecule has 0 aromatic carbocycles. The normalized spacial score (nSPS) is 22.3. The van der Waals surface area contributed by atoms with Gasteiger partial charge in [0.25, 0.3) is 5.91 Å². The molecule has 3 heterocycles. The van der Waals surface area contributed by atoms with Crippen LogP contribution in [0, 0.1) is 18.8 Å². The van der Waals surface area contributed by atoms with E-state index in [1.54, 1.807) is 25.1 Å². The summed E-state index contributed by atoms with van der Waals surface area (Å²) in [4.78, 5) is 48.9. The largest absolute Gasteiger partial charge is 0.410 e. The summed E-state index contributed by atoms with van der Waals surface area (Å²) >= 11 is 3.29. The number of nitrogens with zero attached hydrogens (tertiary/aromatic N) is 3. The van der Waals surface area contributed by atoms with Crippen LogP contribution in [0.1, 0.15) is 60.3 Å². The molecule has 10 nitrogen and oxygen atoms in total. The first kappa shape index (κ1) is 31.7. The lowest BCUT2D eigenvalue weighted by molar-refractivity contribution is -0.150. The molecule has 1 saturated carbocycles. The van der Waals surface area contributed by atoms with Crippen LogP contribution in [-0.2, 0) is 9.53 Å². The van der Waals surface area contributed by atoms with Crippen LogP contribution in [0.2, 0.25) is 0 Å². The predicted molar refractivity (Wildman–Crippen MR) is 152 cm³/mol. The lowest BCUT2D eigenvalue weighted by Gasteiger charge is -2.32. The number of halogens is 4. The quantitative estimate of drug-likeness (QED) is 0.335. The highest BCUT2D eigenvalue weighted by Crippen LogP contribution is 2.33. The van der Waals surface area contributed by atoms with Gasteiger partial charge in [0.05, 0.1) is 19.2 Å². The van der Waals surface area contributed by atoms with Gasteiger partial charge in [-0.15, -0.1) is 0 Å². The number of anilines is 1. The Bertz CT molecular complexity index is 1300. The van der Waals surface area contributed by atoms with Gasteiger partial charge in [-0.2, -0.15) is 13.2 Å².